The zero-order valence-corrected chi connectivity index (χ0v) is 12.9. The minimum absolute atomic E-state index is 0.175. The third-order valence-electron chi connectivity index (χ3n) is 3.74. The van der Waals surface area contributed by atoms with Crippen molar-refractivity contribution in [1.29, 1.82) is 0 Å². The predicted octanol–water partition coefficient (Wildman–Crippen LogP) is 2.84. The molecule has 2 aromatic heterocycles. The van der Waals surface area contributed by atoms with Crippen LogP contribution in [0, 0.1) is 5.82 Å². The lowest BCUT2D eigenvalue weighted by Gasteiger charge is -2.18. The molecule has 1 aromatic carbocycles. The van der Waals surface area contributed by atoms with Crippen molar-refractivity contribution in [3.05, 3.63) is 83.6 Å². The van der Waals surface area contributed by atoms with Gasteiger partial charge in [0.1, 0.15) is 11.6 Å². The molecule has 0 aliphatic rings. The molecule has 1 atom stereocenters. The third kappa shape index (κ3) is 3.60. The second-order valence-electron chi connectivity index (χ2n) is 5.44. The standard InChI is InChI=1S/C18H17FN4O/c19-14-4-1-3-12(9-14)10-16(13-6-8-21-11-13)23-18(24)15-5-2-7-22-17(15)20/h1-9,11,16,21H,10H2,(H2,20,22)(H,23,24). The maximum atomic E-state index is 13.4. The SMILES string of the molecule is Nc1ncccc1C(=O)NC(Cc1cccc(F)c1)c1cc[nH]c1. The Morgan fingerprint density at radius 1 is 1.29 bits per heavy atom. The molecule has 0 radical (unpaired) electrons. The molecule has 0 aliphatic heterocycles. The Balaban J connectivity index is 1.83. The van der Waals surface area contributed by atoms with Crippen molar-refractivity contribution < 1.29 is 9.18 Å². The molecule has 3 aromatic rings. The van der Waals surface area contributed by atoms with Crippen LogP contribution in [0.4, 0.5) is 10.2 Å². The van der Waals surface area contributed by atoms with Gasteiger partial charge >= 0.3 is 0 Å². The Kier molecular flexibility index (Phi) is 4.56. The first-order chi connectivity index (χ1) is 11.6. The summed E-state index contributed by atoms with van der Waals surface area (Å²) >= 11 is 0. The summed E-state index contributed by atoms with van der Waals surface area (Å²) in [5.41, 5.74) is 7.77. The first-order valence-electron chi connectivity index (χ1n) is 7.52. The number of hydrogen-bond acceptors (Lipinski definition) is 3. The van der Waals surface area contributed by atoms with E-state index in [9.17, 15) is 9.18 Å². The number of aromatic nitrogens is 2. The van der Waals surface area contributed by atoms with Gasteiger partial charge in [0, 0.05) is 18.6 Å². The fourth-order valence-electron chi connectivity index (χ4n) is 2.55. The van der Waals surface area contributed by atoms with Crippen LogP contribution in [-0.4, -0.2) is 15.9 Å². The van der Waals surface area contributed by atoms with Crippen LogP contribution in [0.15, 0.2) is 61.1 Å². The Hall–Kier alpha value is -3.15. The monoisotopic (exact) mass is 324 g/mol. The van der Waals surface area contributed by atoms with E-state index in [1.807, 2.05) is 12.1 Å². The zero-order valence-electron chi connectivity index (χ0n) is 12.9. The Morgan fingerprint density at radius 2 is 2.17 bits per heavy atom. The van der Waals surface area contributed by atoms with Gasteiger partial charge in [-0.15, -0.1) is 0 Å². The molecule has 122 valence electrons. The highest BCUT2D eigenvalue weighted by Gasteiger charge is 2.18. The van der Waals surface area contributed by atoms with Crippen LogP contribution in [0.1, 0.15) is 27.5 Å². The average Bonchev–Trinajstić information content (AvgIpc) is 3.09. The first-order valence-corrected chi connectivity index (χ1v) is 7.52. The molecule has 6 heteroatoms. The van der Waals surface area contributed by atoms with Crippen molar-refractivity contribution in [1.82, 2.24) is 15.3 Å². The molecule has 3 rings (SSSR count). The number of H-pyrrole nitrogens is 1. The second kappa shape index (κ2) is 6.95. The number of rotatable bonds is 5. The van der Waals surface area contributed by atoms with E-state index < -0.39 is 0 Å². The molecule has 0 bridgehead atoms. The minimum Gasteiger partial charge on any atom is -0.383 e. The van der Waals surface area contributed by atoms with E-state index >= 15 is 0 Å². The maximum Gasteiger partial charge on any atom is 0.255 e. The highest BCUT2D eigenvalue weighted by molar-refractivity contribution is 5.98. The smallest absolute Gasteiger partial charge is 0.255 e. The van der Waals surface area contributed by atoms with Crippen molar-refractivity contribution in [2.45, 2.75) is 12.5 Å². The van der Waals surface area contributed by atoms with E-state index in [1.54, 1.807) is 30.6 Å². The summed E-state index contributed by atoms with van der Waals surface area (Å²) in [6, 6.07) is 11.2. The number of nitrogens with zero attached hydrogens (tertiary/aromatic N) is 1. The quantitative estimate of drug-likeness (QED) is 0.675. The number of nitrogens with one attached hydrogen (secondary N) is 2. The van der Waals surface area contributed by atoms with Gasteiger partial charge in [0.05, 0.1) is 11.6 Å². The highest BCUT2D eigenvalue weighted by atomic mass is 19.1. The molecule has 1 amide bonds. The van der Waals surface area contributed by atoms with Crippen LogP contribution in [0.25, 0.3) is 0 Å². The summed E-state index contributed by atoms with van der Waals surface area (Å²) in [5, 5.41) is 2.94. The summed E-state index contributed by atoms with van der Waals surface area (Å²) in [4.78, 5) is 19.4. The Labute approximate surface area is 138 Å². The van der Waals surface area contributed by atoms with E-state index in [2.05, 4.69) is 15.3 Å². The average molecular weight is 324 g/mol. The molecule has 0 saturated heterocycles. The normalized spacial score (nSPS) is 11.9. The van der Waals surface area contributed by atoms with Gasteiger partial charge in [0.25, 0.3) is 5.91 Å². The number of amides is 1. The largest absolute Gasteiger partial charge is 0.383 e. The van der Waals surface area contributed by atoms with Crippen LogP contribution in [0.5, 0.6) is 0 Å². The van der Waals surface area contributed by atoms with Gasteiger partial charge in [0.2, 0.25) is 0 Å². The predicted molar refractivity (Wildman–Crippen MR) is 89.8 cm³/mol. The van der Waals surface area contributed by atoms with E-state index in [0.29, 0.717) is 12.0 Å². The second-order valence-corrected chi connectivity index (χ2v) is 5.44. The molecular formula is C18H17FN4O. The molecular weight excluding hydrogens is 307 g/mol. The summed E-state index contributed by atoms with van der Waals surface area (Å²) in [5.74, 6) is -0.445. The van der Waals surface area contributed by atoms with Gasteiger partial charge in [-0.2, -0.15) is 0 Å². The number of carbonyl (C=O) groups excluding carboxylic acids is 1. The number of nitrogens with two attached hydrogens (primary N) is 1. The molecule has 2 heterocycles. The number of pyridine rings is 1. The number of nitrogen functional groups attached to an aromatic ring is 1. The van der Waals surface area contributed by atoms with Crippen molar-refractivity contribution in [2.75, 3.05) is 5.73 Å². The highest BCUT2D eigenvalue weighted by Crippen LogP contribution is 2.20. The molecule has 0 saturated carbocycles. The molecule has 5 nitrogen and oxygen atoms in total. The van der Waals surface area contributed by atoms with Crippen molar-refractivity contribution in [2.24, 2.45) is 0 Å². The minimum atomic E-state index is -0.316. The lowest BCUT2D eigenvalue weighted by molar-refractivity contribution is 0.0937. The molecule has 0 aliphatic carbocycles. The van der Waals surface area contributed by atoms with Gasteiger partial charge in [-0.1, -0.05) is 12.1 Å². The number of halogens is 1. The lowest BCUT2D eigenvalue weighted by atomic mass is 10.0. The third-order valence-corrected chi connectivity index (χ3v) is 3.74. The molecule has 1 unspecified atom stereocenters. The van der Waals surface area contributed by atoms with Crippen molar-refractivity contribution >= 4 is 11.7 Å². The van der Waals surface area contributed by atoms with Crippen LogP contribution >= 0.6 is 0 Å². The topological polar surface area (TPSA) is 83.8 Å². The fourth-order valence-corrected chi connectivity index (χ4v) is 2.55. The van der Waals surface area contributed by atoms with E-state index in [0.717, 1.165) is 11.1 Å². The van der Waals surface area contributed by atoms with Gasteiger partial charge in [-0.3, -0.25) is 4.79 Å². The molecule has 0 fully saturated rings. The van der Waals surface area contributed by atoms with Gasteiger partial charge < -0.3 is 16.0 Å². The summed E-state index contributed by atoms with van der Waals surface area (Å²) in [7, 11) is 0. The number of benzene rings is 1. The van der Waals surface area contributed by atoms with E-state index in [-0.39, 0.29) is 23.6 Å². The fraction of sp³-hybridized carbons (Fsp3) is 0.111. The number of carbonyl (C=O) groups is 1. The maximum absolute atomic E-state index is 13.4. The Bertz CT molecular complexity index is 833. The van der Waals surface area contributed by atoms with E-state index in [4.69, 9.17) is 5.73 Å². The summed E-state index contributed by atoms with van der Waals surface area (Å²) in [6.07, 6.45) is 5.57. The van der Waals surface area contributed by atoms with Gasteiger partial charge in [0.15, 0.2) is 0 Å². The van der Waals surface area contributed by atoms with Crippen LogP contribution in [0.3, 0.4) is 0 Å². The summed E-state index contributed by atoms with van der Waals surface area (Å²) < 4.78 is 13.4. The number of anilines is 1. The molecule has 4 N–H and O–H groups in total. The van der Waals surface area contributed by atoms with Crippen LogP contribution in [-0.2, 0) is 6.42 Å². The molecule has 24 heavy (non-hydrogen) atoms. The van der Waals surface area contributed by atoms with Crippen molar-refractivity contribution in [3.8, 4) is 0 Å². The van der Waals surface area contributed by atoms with Crippen molar-refractivity contribution in [3.63, 3.8) is 0 Å². The first kappa shape index (κ1) is 15.7. The zero-order chi connectivity index (χ0) is 16.9. The number of aromatic amines is 1. The number of hydrogen-bond donors (Lipinski definition) is 3. The van der Waals surface area contributed by atoms with Crippen LogP contribution < -0.4 is 11.1 Å². The lowest BCUT2D eigenvalue weighted by Crippen LogP contribution is -2.30. The van der Waals surface area contributed by atoms with Gasteiger partial charge in [-0.05, 0) is 47.9 Å². The van der Waals surface area contributed by atoms with Gasteiger partial charge in [-0.25, -0.2) is 9.37 Å². The molecule has 0 spiro atoms. The van der Waals surface area contributed by atoms with E-state index in [1.165, 1.54) is 18.3 Å². The summed E-state index contributed by atoms with van der Waals surface area (Å²) in [6.45, 7) is 0. The Morgan fingerprint density at radius 3 is 2.88 bits per heavy atom. The van der Waals surface area contributed by atoms with Crippen LogP contribution in [0.2, 0.25) is 0 Å².